The minimum absolute atomic E-state index is 0.445. The predicted octanol–water partition coefficient (Wildman–Crippen LogP) is 6.50. The van der Waals surface area contributed by atoms with Gasteiger partial charge in [0.2, 0.25) is 0 Å². The average molecular weight is 460 g/mol. The van der Waals surface area contributed by atoms with Gasteiger partial charge in [-0.2, -0.15) is 0 Å². The zero-order valence-corrected chi connectivity index (χ0v) is 18.5. The van der Waals surface area contributed by atoms with Crippen LogP contribution in [0.4, 0.5) is 48.0 Å². The van der Waals surface area contributed by atoms with Crippen molar-refractivity contribution in [1.82, 2.24) is 9.97 Å². The van der Waals surface area contributed by atoms with Crippen LogP contribution in [0.1, 0.15) is 11.4 Å². The Hall–Kier alpha value is -4.53. The minimum Gasteiger partial charge on any atom is -0.340 e. The molecule has 0 aliphatic heterocycles. The number of anilines is 6. The van der Waals surface area contributed by atoms with Crippen molar-refractivity contribution < 1.29 is 13.6 Å². The number of para-hydroxylation sites is 1. The van der Waals surface area contributed by atoms with E-state index >= 15 is 0 Å². The monoisotopic (exact) mass is 460 g/mol. The summed E-state index contributed by atoms with van der Waals surface area (Å²) in [6.07, 6.45) is 0. The zero-order valence-electron chi connectivity index (χ0n) is 18.5. The molecule has 3 aromatic carbocycles. The molecule has 0 radical (unpaired) electrons. The molecular formula is C25H22F2N6O. The summed E-state index contributed by atoms with van der Waals surface area (Å²) in [6, 6.07) is 19.1. The molecule has 0 atom stereocenters. The molecule has 172 valence electrons. The fourth-order valence-electron chi connectivity index (χ4n) is 3.16. The van der Waals surface area contributed by atoms with Gasteiger partial charge in [0.25, 0.3) is 0 Å². The van der Waals surface area contributed by atoms with Gasteiger partial charge in [-0.25, -0.2) is 23.5 Å². The second-order valence-corrected chi connectivity index (χ2v) is 7.55. The van der Waals surface area contributed by atoms with Gasteiger partial charge in [0.15, 0.2) is 0 Å². The number of benzene rings is 3. The largest absolute Gasteiger partial charge is 0.340 e. The SMILES string of the molecule is Cc1ccc(Nc2cc(Nc3ccc(NC(=O)Nc4c(F)cccc4F)cc3)nc(C)n2)cc1. The van der Waals surface area contributed by atoms with Crippen LogP contribution in [0.3, 0.4) is 0 Å². The molecule has 7 nitrogen and oxygen atoms in total. The Balaban J connectivity index is 1.40. The third kappa shape index (κ3) is 5.83. The van der Waals surface area contributed by atoms with E-state index < -0.39 is 23.4 Å². The van der Waals surface area contributed by atoms with E-state index in [1.54, 1.807) is 37.3 Å². The number of rotatable bonds is 6. The molecule has 4 N–H and O–H groups in total. The number of carbonyl (C=O) groups excluding carboxylic acids is 1. The smallest absolute Gasteiger partial charge is 0.323 e. The highest BCUT2D eigenvalue weighted by molar-refractivity contribution is 6.00. The second-order valence-electron chi connectivity index (χ2n) is 7.55. The predicted molar refractivity (Wildman–Crippen MR) is 130 cm³/mol. The molecule has 0 aliphatic rings. The van der Waals surface area contributed by atoms with Crippen LogP contribution in [-0.4, -0.2) is 16.0 Å². The van der Waals surface area contributed by atoms with Gasteiger partial charge >= 0.3 is 6.03 Å². The van der Waals surface area contributed by atoms with Crippen LogP contribution in [0.5, 0.6) is 0 Å². The lowest BCUT2D eigenvalue weighted by Gasteiger charge is -2.12. The third-order valence-electron chi connectivity index (χ3n) is 4.78. The van der Waals surface area contributed by atoms with Crippen molar-refractivity contribution in [2.75, 3.05) is 21.3 Å². The van der Waals surface area contributed by atoms with Gasteiger partial charge in [-0.15, -0.1) is 0 Å². The van der Waals surface area contributed by atoms with Crippen molar-refractivity contribution >= 4 is 40.4 Å². The van der Waals surface area contributed by atoms with Gasteiger partial charge in [-0.1, -0.05) is 23.8 Å². The maximum atomic E-state index is 13.7. The summed E-state index contributed by atoms with van der Waals surface area (Å²) < 4.78 is 27.4. The molecule has 4 rings (SSSR count). The van der Waals surface area contributed by atoms with E-state index in [1.165, 1.54) is 11.6 Å². The Bertz CT molecular complexity index is 1290. The standard InChI is InChI=1S/C25H22F2N6O/c1-15-6-8-17(9-7-15)30-22-14-23(29-16(2)28-22)31-18-10-12-19(13-11-18)32-25(34)33-24-20(26)4-3-5-21(24)27/h3-14H,1-2H3,(H2,32,33,34)(H2,28,29,30,31). The zero-order chi connectivity index (χ0) is 24.1. The minimum atomic E-state index is -0.855. The molecule has 4 aromatic rings. The van der Waals surface area contributed by atoms with E-state index in [1.807, 2.05) is 31.2 Å². The van der Waals surface area contributed by atoms with Gasteiger partial charge in [-0.3, -0.25) is 0 Å². The van der Waals surface area contributed by atoms with E-state index in [2.05, 4.69) is 31.2 Å². The molecule has 9 heteroatoms. The summed E-state index contributed by atoms with van der Waals surface area (Å²) in [5, 5.41) is 11.2. The first-order valence-corrected chi connectivity index (χ1v) is 10.4. The quantitative estimate of drug-likeness (QED) is 0.264. The van der Waals surface area contributed by atoms with Crippen molar-refractivity contribution in [2.45, 2.75) is 13.8 Å². The number of carbonyl (C=O) groups is 1. The lowest BCUT2D eigenvalue weighted by Crippen LogP contribution is -2.20. The molecule has 1 aromatic heterocycles. The van der Waals surface area contributed by atoms with E-state index in [4.69, 9.17) is 0 Å². The third-order valence-corrected chi connectivity index (χ3v) is 4.78. The van der Waals surface area contributed by atoms with Crippen LogP contribution < -0.4 is 21.3 Å². The molecule has 0 unspecified atom stereocenters. The Labute approximate surface area is 195 Å². The van der Waals surface area contributed by atoms with Crippen molar-refractivity contribution in [2.24, 2.45) is 0 Å². The number of halogens is 2. The summed E-state index contributed by atoms with van der Waals surface area (Å²) in [5.74, 6) is 0.122. The first kappa shape index (κ1) is 22.7. The highest BCUT2D eigenvalue weighted by atomic mass is 19.1. The molecule has 0 saturated carbocycles. The average Bonchev–Trinajstić information content (AvgIpc) is 2.79. The number of amides is 2. The number of hydrogen-bond donors (Lipinski definition) is 4. The maximum absolute atomic E-state index is 13.7. The van der Waals surface area contributed by atoms with Crippen LogP contribution in [0.15, 0.2) is 72.8 Å². The molecule has 0 aliphatic carbocycles. The molecule has 34 heavy (non-hydrogen) atoms. The Kier molecular flexibility index (Phi) is 6.63. The highest BCUT2D eigenvalue weighted by Gasteiger charge is 2.12. The lowest BCUT2D eigenvalue weighted by atomic mass is 10.2. The second kappa shape index (κ2) is 9.95. The lowest BCUT2D eigenvalue weighted by molar-refractivity contribution is 0.262. The number of aryl methyl sites for hydroxylation is 2. The summed E-state index contributed by atoms with van der Waals surface area (Å²) in [5.41, 5.74) is 2.75. The van der Waals surface area contributed by atoms with Crippen LogP contribution in [-0.2, 0) is 0 Å². The molecular weight excluding hydrogens is 438 g/mol. The van der Waals surface area contributed by atoms with E-state index in [9.17, 15) is 13.6 Å². The topological polar surface area (TPSA) is 91.0 Å². The van der Waals surface area contributed by atoms with Gasteiger partial charge < -0.3 is 21.3 Å². The number of hydrogen-bond acceptors (Lipinski definition) is 5. The molecule has 0 fully saturated rings. The van der Waals surface area contributed by atoms with Gasteiger partial charge in [-0.05, 0) is 62.4 Å². The Morgan fingerprint density at radius 3 is 1.76 bits per heavy atom. The number of aromatic nitrogens is 2. The number of nitrogens with one attached hydrogen (secondary N) is 4. The first-order valence-electron chi connectivity index (χ1n) is 10.4. The first-order chi connectivity index (χ1) is 16.4. The van der Waals surface area contributed by atoms with Gasteiger partial charge in [0.05, 0.1) is 0 Å². The normalized spacial score (nSPS) is 10.5. The van der Waals surface area contributed by atoms with Crippen LogP contribution >= 0.6 is 0 Å². The molecule has 0 saturated heterocycles. The van der Waals surface area contributed by atoms with Crippen molar-refractivity contribution in [3.05, 3.63) is 95.8 Å². The summed E-state index contributed by atoms with van der Waals surface area (Å²) in [7, 11) is 0. The number of nitrogens with zero attached hydrogens (tertiary/aromatic N) is 2. The number of urea groups is 1. The van der Waals surface area contributed by atoms with E-state index in [0.717, 1.165) is 23.5 Å². The van der Waals surface area contributed by atoms with Crippen LogP contribution in [0, 0.1) is 25.5 Å². The molecule has 2 amide bonds. The van der Waals surface area contributed by atoms with Crippen molar-refractivity contribution in [1.29, 1.82) is 0 Å². The summed E-state index contributed by atoms with van der Waals surface area (Å²) in [4.78, 5) is 20.9. The summed E-state index contributed by atoms with van der Waals surface area (Å²) in [6.45, 7) is 3.83. The van der Waals surface area contributed by atoms with Crippen LogP contribution in [0.2, 0.25) is 0 Å². The highest BCUT2D eigenvalue weighted by Crippen LogP contribution is 2.23. The fourth-order valence-corrected chi connectivity index (χ4v) is 3.16. The maximum Gasteiger partial charge on any atom is 0.323 e. The van der Waals surface area contributed by atoms with Gasteiger partial charge in [0, 0.05) is 23.1 Å². The summed E-state index contributed by atoms with van der Waals surface area (Å²) >= 11 is 0. The van der Waals surface area contributed by atoms with Crippen LogP contribution in [0.25, 0.3) is 0 Å². The fraction of sp³-hybridized carbons (Fsp3) is 0.0800. The molecule has 0 bridgehead atoms. The van der Waals surface area contributed by atoms with Gasteiger partial charge in [0.1, 0.15) is 34.8 Å². The molecule has 1 heterocycles. The van der Waals surface area contributed by atoms with Crippen molar-refractivity contribution in [3.63, 3.8) is 0 Å². The Morgan fingerprint density at radius 2 is 1.21 bits per heavy atom. The van der Waals surface area contributed by atoms with E-state index in [-0.39, 0.29) is 0 Å². The molecule has 0 spiro atoms. The van der Waals surface area contributed by atoms with Crippen molar-refractivity contribution in [3.8, 4) is 0 Å². The Morgan fingerprint density at radius 1 is 0.706 bits per heavy atom. The van der Waals surface area contributed by atoms with E-state index in [0.29, 0.717) is 23.1 Å².